The Morgan fingerprint density at radius 2 is 1.76 bits per heavy atom. The fraction of sp³-hybridized carbons (Fsp3) is 0.478. The minimum Gasteiger partial charge on any atom is -0.493 e. The van der Waals surface area contributed by atoms with Gasteiger partial charge in [-0.05, 0) is 86.5 Å². The Hall–Kier alpha value is -2.05. The molecule has 5 nitrogen and oxygen atoms in total. The average Bonchev–Trinajstić information content (AvgIpc) is 2.72. The van der Waals surface area contributed by atoms with Crippen molar-refractivity contribution in [2.24, 2.45) is 0 Å². The van der Waals surface area contributed by atoms with Crippen molar-refractivity contribution in [3.05, 3.63) is 59.7 Å². The topological polar surface area (TPSA) is 58.6 Å². The lowest BCUT2D eigenvalue weighted by molar-refractivity contribution is 0.195. The van der Waals surface area contributed by atoms with Gasteiger partial charge in [0.25, 0.3) is 0 Å². The van der Waals surface area contributed by atoms with E-state index in [9.17, 15) is 8.42 Å². The van der Waals surface area contributed by atoms with Gasteiger partial charge >= 0.3 is 0 Å². The van der Waals surface area contributed by atoms with E-state index in [1.807, 2.05) is 12.1 Å². The van der Waals surface area contributed by atoms with Crippen LogP contribution in [0.15, 0.2) is 48.5 Å². The Balaban J connectivity index is 1.27. The van der Waals surface area contributed by atoms with Gasteiger partial charge in [-0.25, -0.2) is 8.42 Å². The minimum atomic E-state index is -3.22. The van der Waals surface area contributed by atoms with Gasteiger partial charge in [0.1, 0.15) is 5.75 Å². The van der Waals surface area contributed by atoms with Crippen molar-refractivity contribution in [1.29, 1.82) is 0 Å². The van der Waals surface area contributed by atoms with Crippen LogP contribution in [0.5, 0.6) is 5.75 Å². The molecule has 29 heavy (non-hydrogen) atoms. The van der Waals surface area contributed by atoms with Gasteiger partial charge in [-0.3, -0.25) is 4.72 Å². The number of fused-ring (bicyclic) bond motifs is 1. The molecule has 0 bridgehead atoms. The molecule has 0 radical (unpaired) electrons. The van der Waals surface area contributed by atoms with Crippen LogP contribution >= 0.6 is 0 Å². The molecule has 0 saturated carbocycles. The number of ether oxygens (including phenoxy) is 1. The smallest absolute Gasteiger partial charge is 0.229 e. The molecule has 0 spiro atoms. The number of para-hydroxylation sites is 1. The highest BCUT2D eigenvalue weighted by atomic mass is 32.2. The van der Waals surface area contributed by atoms with Crippen LogP contribution in [0.2, 0.25) is 0 Å². The molecular weight excluding hydrogens is 384 g/mol. The van der Waals surface area contributed by atoms with E-state index in [4.69, 9.17) is 4.74 Å². The first-order valence-corrected chi connectivity index (χ1v) is 12.4. The summed E-state index contributed by atoms with van der Waals surface area (Å²) in [5.74, 6) is 2.23. The average molecular weight is 415 g/mol. The molecule has 156 valence electrons. The van der Waals surface area contributed by atoms with Crippen LogP contribution in [-0.2, 0) is 10.0 Å². The van der Waals surface area contributed by atoms with Crippen LogP contribution in [0.25, 0.3) is 0 Å². The fourth-order valence-electron chi connectivity index (χ4n) is 4.58. The molecule has 1 atom stereocenters. The second-order valence-electron chi connectivity index (χ2n) is 8.27. The number of nitrogens with one attached hydrogen (secondary N) is 1. The molecule has 2 aromatic rings. The van der Waals surface area contributed by atoms with Crippen LogP contribution in [0.4, 0.5) is 5.69 Å². The number of likely N-dealkylation sites (tertiary alicyclic amines) is 1. The largest absolute Gasteiger partial charge is 0.493 e. The summed E-state index contributed by atoms with van der Waals surface area (Å²) in [5.41, 5.74) is 3.31. The summed E-state index contributed by atoms with van der Waals surface area (Å²) in [5, 5.41) is 0. The third-order valence-electron chi connectivity index (χ3n) is 6.15. The molecule has 4 rings (SSSR count). The summed E-state index contributed by atoms with van der Waals surface area (Å²) in [6, 6.07) is 16.3. The molecule has 1 unspecified atom stereocenters. The van der Waals surface area contributed by atoms with Crippen molar-refractivity contribution in [2.45, 2.75) is 37.5 Å². The summed E-state index contributed by atoms with van der Waals surface area (Å²) < 4.78 is 31.0. The van der Waals surface area contributed by atoms with E-state index in [2.05, 4.69) is 46.0 Å². The number of benzene rings is 2. The SMILES string of the molecule is CS(=O)(=O)Nc1ccc(C2CCN(CCC3CCOc4ccccc43)CC2)cc1. The zero-order valence-corrected chi connectivity index (χ0v) is 17.8. The molecule has 0 aromatic heterocycles. The Kier molecular flexibility index (Phi) is 6.11. The number of piperidine rings is 1. The van der Waals surface area contributed by atoms with Crippen LogP contribution in [0.1, 0.15) is 48.6 Å². The van der Waals surface area contributed by atoms with Crippen molar-refractivity contribution in [1.82, 2.24) is 4.90 Å². The molecule has 2 aliphatic heterocycles. The number of hydrogen-bond acceptors (Lipinski definition) is 4. The molecule has 0 amide bonds. The summed E-state index contributed by atoms with van der Waals surface area (Å²) in [4.78, 5) is 2.59. The Morgan fingerprint density at radius 1 is 1.03 bits per heavy atom. The first-order valence-electron chi connectivity index (χ1n) is 10.5. The molecule has 2 aromatic carbocycles. The summed E-state index contributed by atoms with van der Waals surface area (Å²) in [6.07, 6.45) is 5.79. The van der Waals surface area contributed by atoms with E-state index in [1.54, 1.807) is 0 Å². The number of anilines is 1. The first-order chi connectivity index (χ1) is 14.0. The van der Waals surface area contributed by atoms with Gasteiger partial charge in [-0.2, -0.15) is 0 Å². The second-order valence-corrected chi connectivity index (χ2v) is 10.0. The van der Waals surface area contributed by atoms with Gasteiger partial charge in [0, 0.05) is 5.69 Å². The molecule has 6 heteroatoms. The molecule has 2 heterocycles. The van der Waals surface area contributed by atoms with Gasteiger partial charge in [0.2, 0.25) is 10.0 Å². The lowest BCUT2D eigenvalue weighted by atomic mass is 9.88. The van der Waals surface area contributed by atoms with Crippen molar-refractivity contribution in [2.75, 3.05) is 37.2 Å². The third kappa shape index (κ3) is 5.31. The Morgan fingerprint density at radius 3 is 2.48 bits per heavy atom. The monoisotopic (exact) mass is 414 g/mol. The maximum atomic E-state index is 11.3. The molecule has 1 saturated heterocycles. The van der Waals surface area contributed by atoms with Crippen LogP contribution < -0.4 is 9.46 Å². The van der Waals surface area contributed by atoms with Crippen molar-refractivity contribution >= 4 is 15.7 Å². The molecule has 2 aliphatic rings. The maximum Gasteiger partial charge on any atom is 0.229 e. The number of sulfonamides is 1. The highest BCUT2D eigenvalue weighted by Gasteiger charge is 2.24. The Bertz CT molecular complexity index is 919. The van der Waals surface area contributed by atoms with E-state index >= 15 is 0 Å². The minimum absolute atomic E-state index is 0.558. The summed E-state index contributed by atoms with van der Waals surface area (Å²) in [7, 11) is -3.22. The quantitative estimate of drug-likeness (QED) is 0.770. The van der Waals surface area contributed by atoms with Gasteiger partial charge in [0.15, 0.2) is 0 Å². The van der Waals surface area contributed by atoms with E-state index in [0.717, 1.165) is 51.3 Å². The number of rotatable bonds is 6. The number of nitrogens with zero attached hydrogens (tertiary/aromatic N) is 1. The zero-order valence-electron chi connectivity index (χ0n) is 17.0. The standard InChI is InChI=1S/C23H30N2O3S/c1-29(26,27)24-21-8-6-18(7-9-21)19-10-14-25(15-11-19)16-12-20-13-17-28-23-5-3-2-4-22(20)23/h2-9,19-20,24H,10-17H2,1H3. The summed E-state index contributed by atoms with van der Waals surface area (Å²) >= 11 is 0. The predicted octanol–water partition coefficient (Wildman–Crippen LogP) is 4.19. The highest BCUT2D eigenvalue weighted by Crippen LogP contribution is 2.36. The number of hydrogen-bond donors (Lipinski definition) is 1. The molecule has 0 aliphatic carbocycles. The molecule has 1 fully saturated rings. The third-order valence-corrected chi connectivity index (χ3v) is 6.76. The molecule has 1 N–H and O–H groups in total. The second kappa shape index (κ2) is 8.76. The maximum absolute atomic E-state index is 11.3. The van der Waals surface area contributed by atoms with Crippen LogP contribution in [0.3, 0.4) is 0 Å². The van der Waals surface area contributed by atoms with Crippen LogP contribution in [-0.4, -0.2) is 45.8 Å². The predicted molar refractivity (Wildman–Crippen MR) is 117 cm³/mol. The van der Waals surface area contributed by atoms with Gasteiger partial charge in [0.05, 0.1) is 12.9 Å². The van der Waals surface area contributed by atoms with Crippen molar-refractivity contribution in [3.8, 4) is 5.75 Å². The highest BCUT2D eigenvalue weighted by molar-refractivity contribution is 7.92. The lowest BCUT2D eigenvalue weighted by Gasteiger charge is -2.34. The summed E-state index contributed by atoms with van der Waals surface area (Å²) in [6.45, 7) is 4.22. The van der Waals surface area contributed by atoms with Crippen molar-refractivity contribution < 1.29 is 13.2 Å². The fourth-order valence-corrected chi connectivity index (χ4v) is 5.15. The lowest BCUT2D eigenvalue weighted by Crippen LogP contribution is -2.34. The molecular formula is C23H30N2O3S. The van der Waals surface area contributed by atoms with Crippen LogP contribution in [0, 0.1) is 0 Å². The first kappa shape index (κ1) is 20.2. The van der Waals surface area contributed by atoms with Gasteiger partial charge in [-0.1, -0.05) is 30.3 Å². The van der Waals surface area contributed by atoms with E-state index in [-0.39, 0.29) is 0 Å². The van der Waals surface area contributed by atoms with E-state index < -0.39 is 10.0 Å². The van der Waals surface area contributed by atoms with Crippen molar-refractivity contribution in [3.63, 3.8) is 0 Å². The van der Waals surface area contributed by atoms with E-state index in [0.29, 0.717) is 17.5 Å². The Labute approximate surface area is 174 Å². The van der Waals surface area contributed by atoms with Gasteiger partial charge < -0.3 is 9.64 Å². The van der Waals surface area contributed by atoms with E-state index in [1.165, 1.54) is 23.8 Å². The van der Waals surface area contributed by atoms with Gasteiger partial charge in [-0.15, -0.1) is 0 Å². The normalized spacial score (nSPS) is 20.7. The zero-order chi connectivity index (χ0) is 20.3.